The summed E-state index contributed by atoms with van der Waals surface area (Å²) in [6.07, 6.45) is 2.94. The first-order chi connectivity index (χ1) is 15.7. The van der Waals surface area contributed by atoms with Crippen molar-refractivity contribution in [2.45, 2.75) is 57.4 Å². The van der Waals surface area contributed by atoms with E-state index in [0.717, 1.165) is 18.4 Å². The molecular weight excluding hydrogens is 442 g/mol. The standard InChI is InChI=1S/C24H37N3O5S/c1-17(2)22(24(29)27-12-14-32-15-13-27)26-23(28)20-8-6-19(7-9-20)16-25-33(30,31)21-10-4-18(3)5-11-21/h4-5,10-11,17,19-20,22,25H,6-9,12-16H2,1-3H3,(H,26,28). The van der Waals surface area contributed by atoms with Crippen LogP contribution in [-0.4, -0.2) is 64.0 Å². The molecule has 0 aromatic heterocycles. The molecule has 184 valence electrons. The summed E-state index contributed by atoms with van der Waals surface area (Å²) >= 11 is 0. The lowest BCUT2D eigenvalue weighted by Gasteiger charge is -2.34. The molecule has 1 aromatic carbocycles. The van der Waals surface area contributed by atoms with Crippen molar-refractivity contribution in [3.63, 3.8) is 0 Å². The minimum atomic E-state index is -3.53. The Morgan fingerprint density at radius 1 is 1.06 bits per heavy atom. The fourth-order valence-corrected chi connectivity index (χ4v) is 5.54. The van der Waals surface area contributed by atoms with Crippen LogP contribution >= 0.6 is 0 Å². The number of morpholine rings is 1. The van der Waals surface area contributed by atoms with Crippen LogP contribution in [0.4, 0.5) is 0 Å². The summed E-state index contributed by atoms with van der Waals surface area (Å²) in [5.74, 6) is -0.0643. The normalized spacial score (nSPS) is 22.7. The van der Waals surface area contributed by atoms with Crippen LogP contribution in [0.5, 0.6) is 0 Å². The molecule has 1 unspecified atom stereocenters. The van der Waals surface area contributed by atoms with E-state index in [4.69, 9.17) is 4.74 Å². The molecule has 0 radical (unpaired) electrons. The third-order valence-corrected chi connectivity index (χ3v) is 8.10. The van der Waals surface area contributed by atoms with Crippen molar-refractivity contribution >= 4 is 21.8 Å². The molecule has 1 saturated carbocycles. The van der Waals surface area contributed by atoms with Gasteiger partial charge in [-0.2, -0.15) is 0 Å². The van der Waals surface area contributed by atoms with Gasteiger partial charge >= 0.3 is 0 Å². The molecule has 0 bridgehead atoms. The zero-order chi connectivity index (χ0) is 24.0. The monoisotopic (exact) mass is 479 g/mol. The third kappa shape index (κ3) is 7.01. The largest absolute Gasteiger partial charge is 0.378 e. The van der Waals surface area contributed by atoms with Crippen LogP contribution in [0.3, 0.4) is 0 Å². The maximum Gasteiger partial charge on any atom is 0.245 e. The van der Waals surface area contributed by atoms with Crippen LogP contribution in [0.2, 0.25) is 0 Å². The van der Waals surface area contributed by atoms with Crippen molar-refractivity contribution in [2.75, 3.05) is 32.8 Å². The summed E-state index contributed by atoms with van der Waals surface area (Å²) in [7, 11) is -3.53. The molecule has 9 heteroatoms. The molecule has 2 amide bonds. The molecule has 2 aliphatic rings. The van der Waals surface area contributed by atoms with Crippen molar-refractivity contribution in [1.29, 1.82) is 0 Å². The quantitative estimate of drug-likeness (QED) is 0.594. The lowest BCUT2D eigenvalue weighted by Crippen LogP contribution is -2.55. The summed E-state index contributed by atoms with van der Waals surface area (Å²) in [4.78, 5) is 27.9. The molecule has 1 atom stereocenters. The first-order valence-corrected chi connectivity index (χ1v) is 13.4. The van der Waals surface area contributed by atoms with Crippen LogP contribution in [0.25, 0.3) is 0 Å². The van der Waals surface area contributed by atoms with E-state index in [-0.39, 0.29) is 34.5 Å². The second-order valence-corrected chi connectivity index (χ2v) is 11.3. The fraction of sp³-hybridized carbons (Fsp3) is 0.667. The van der Waals surface area contributed by atoms with Gasteiger partial charge in [-0.05, 0) is 56.6 Å². The number of amides is 2. The first kappa shape index (κ1) is 25.6. The Morgan fingerprint density at radius 3 is 2.24 bits per heavy atom. The molecular formula is C24H37N3O5S. The van der Waals surface area contributed by atoms with Gasteiger partial charge < -0.3 is 15.0 Å². The Hall–Kier alpha value is -1.97. The summed E-state index contributed by atoms with van der Waals surface area (Å²) in [5, 5.41) is 3.00. The van der Waals surface area contributed by atoms with E-state index in [9.17, 15) is 18.0 Å². The number of aryl methyl sites for hydroxylation is 1. The van der Waals surface area contributed by atoms with Crippen LogP contribution in [0, 0.1) is 24.7 Å². The predicted molar refractivity (Wildman–Crippen MR) is 126 cm³/mol. The Balaban J connectivity index is 1.47. The van der Waals surface area contributed by atoms with Crippen molar-refractivity contribution < 1.29 is 22.7 Å². The van der Waals surface area contributed by atoms with E-state index >= 15 is 0 Å². The number of benzene rings is 1. The highest BCUT2D eigenvalue weighted by molar-refractivity contribution is 7.89. The summed E-state index contributed by atoms with van der Waals surface area (Å²) in [5.41, 5.74) is 1.01. The lowest BCUT2D eigenvalue weighted by atomic mass is 9.81. The molecule has 8 nitrogen and oxygen atoms in total. The van der Waals surface area contributed by atoms with Crippen molar-refractivity contribution in [1.82, 2.24) is 14.9 Å². The number of nitrogens with one attached hydrogen (secondary N) is 2. The van der Waals surface area contributed by atoms with Crippen molar-refractivity contribution in [3.05, 3.63) is 29.8 Å². The van der Waals surface area contributed by atoms with Gasteiger partial charge in [0.25, 0.3) is 0 Å². The number of carbonyl (C=O) groups excluding carboxylic acids is 2. The van der Waals surface area contributed by atoms with Gasteiger partial charge in [-0.25, -0.2) is 13.1 Å². The summed E-state index contributed by atoms with van der Waals surface area (Å²) in [6, 6.07) is 6.26. The number of hydrogen-bond donors (Lipinski definition) is 2. The Kier molecular flexibility index (Phi) is 8.89. The van der Waals surface area contributed by atoms with Gasteiger partial charge in [0.2, 0.25) is 21.8 Å². The van der Waals surface area contributed by atoms with Gasteiger partial charge in [0, 0.05) is 25.6 Å². The van der Waals surface area contributed by atoms with Crippen LogP contribution in [-0.2, 0) is 24.3 Å². The molecule has 1 aromatic rings. The molecule has 1 aliphatic heterocycles. The third-order valence-electron chi connectivity index (χ3n) is 6.66. The second kappa shape index (κ2) is 11.4. The first-order valence-electron chi connectivity index (χ1n) is 11.9. The van der Waals surface area contributed by atoms with E-state index in [1.54, 1.807) is 29.2 Å². The Labute approximate surface area is 197 Å². The fourth-order valence-electron chi connectivity index (χ4n) is 4.42. The molecule has 33 heavy (non-hydrogen) atoms. The van der Waals surface area contributed by atoms with Crippen LogP contribution in [0.1, 0.15) is 45.1 Å². The highest BCUT2D eigenvalue weighted by Gasteiger charge is 2.33. The number of hydrogen-bond acceptors (Lipinski definition) is 5. The number of rotatable bonds is 8. The molecule has 1 saturated heterocycles. The van der Waals surface area contributed by atoms with Crippen LogP contribution in [0.15, 0.2) is 29.2 Å². The van der Waals surface area contributed by atoms with Crippen LogP contribution < -0.4 is 10.0 Å². The molecule has 2 N–H and O–H groups in total. The number of carbonyl (C=O) groups is 2. The molecule has 3 rings (SSSR count). The average Bonchev–Trinajstić information content (AvgIpc) is 2.81. The van der Waals surface area contributed by atoms with Gasteiger partial charge in [-0.15, -0.1) is 0 Å². The van der Waals surface area contributed by atoms with Crippen molar-refractivity contribution in [3.8, 4) is 0 Å². The SMILES string of the molecule is Cc1ccc(S(=O)(=O)NCC2CCC(C(=O)NC(C(=O)N3CCOCC3)C(C)C)CC2)cc1. The minimum absolute atomic E-state index is 0.00295. The minimum Gasteiger partial charge on any atom is -0.378 e. The topological polar surface area (TPSA) is 105 Å². The van der Waals surface area contributed by atoms with Gasteiger partial charge in [-0.1, -0.05) is 31.5 Å². The van der Waals surface area contributed by atoms with E-state index in [2.05, 4.69) is 10.0 Å². The summed E-state index contributed by atoms with van der Waals surface area (Å²) < 4.78 is 33.1. The van der Waals surface area contributed by atoms with Gasteiger partial charge in [0.05, 0.1) is 18.1 Å². The maximum absolute atomic E-state index is 12.9. The van der Waals surface area contributed by atoms with E-state index < -0.39 is 16.1 Å². The van der Waals surface area contributed by atoms with E-state index in [0.29, 0.717) is 45.7 Å². The van der Waals surface area contributed by atoms with E-state index in [1.165, 1.54) is 0 Å². The van der Waals surface area contributed by atoms with E-state index in [1.807, 2.05) is 20.8 Å². The molecule has 0 spiro atoms. The second-order valence-electron chi connectivity index (χ2n) is 9.55. The number of nitrogens with zero attached hydrogens (tertiary/aromatic N) is 1. The highest BCUT2D eigenvalue weighted by Crippen LogP contribution is 2.29. The Morgan fingerprint density at radius 2 is 1.67 bits per heavy atom. The predicted octanol–water partition coefficient (Wildman–Crippen LogP) is 2.08. The zero-order valence-corrected chi connectivity index (χ0v) is 20.7. The smallest absolute Gasteiger partial charge is 0.245 e. The Bertz CT molecular complexity index is 903. The lowest BCUT2D eigenvalue weighted by molar-refractivity contribution is -0.142. The van der Waals surface area contributed by atoms with Gasteiger partial charge in [0.15, 0.2) is 0 Å². The molecule has 1 heterocycles. The number of ether oxygens (including phenoxy) is 1. The zero-order valence-electron chi connectivity index (χ0n) is 19.9. The van der Waals surface area contributed by atoms with Gasteiger partial charge in [-0.3, -0.25) is 9.59 Å². The molecule has 1 aliphatic carbocycles. The maximum atomic E-state index is 12.9. The van der Waals surface area contributed by atoms with Gasteiger partial charge in [0.1, 0.15) is 6.04 Å². The van der Waals surface area contributed by atoms with Crippen molar-refractivity contribution in [2.24, 2.45) is 17.8 Å². The number of sulfonamides is 1. The molecule has 2 fully saturated rings. The summed E-state index contributed by atoms with van der Waals surface area (Å²) in [6.45, 7) is 8.35. The average molecular weight is 480 g/mol. The highest BCUT2D eigenvalue weighted by atomic mass is 32.2.